The molecule has 2 nitrogen and oxygen atoms in total. The maximum absolute atomic E-state index is 13.3. The first kappa shape index (κ1) is 18.0. The first-order valence-electron chi connectivity index (χ1n) is 6.59. The van der Waals surface area contributed by atoms with Gasteiger partial charge in [-0.1, -0.05) is 29.3 Å². The summed E-state index contributed by atoms with van der Waals surface area (Å²) in [6.45, 7) is 4.73. The van der Waals surface area contributed by atoms with E-state index >= 15 is 0 Å². The first-order valence-corrected chi connectivity index (χ1v) is 7.35. The third kappa shape index (κ3) is 4.22. The topological polar surface area (TPSA) is 29.3 Å². The summed E-state index contributed by atoms with van der Waals surface area (Å²) in [5.41, 5.74) is 6.85. The van der Waals surface area contributed by atoms with Gasteiger partial charge in [-0.25, -0.2) is 4.39 Å². The van der Waals surface area contributed by atoms with Gasteiger partial charge < -0.3 is 5.73 Å². The molecule has 0 saturated carbocycles. The maximum Gasteiger partial charge on any atom is 0.143 e. The van der Waals surface area contributed by atoms with E-state index in [2.05, 4.69) is 11.8 Å². The molecule has 0 aliphatic carbocycles. The van der Waals surface area contributed by atoms with Crippen LogP contribution in [0.15, 0.2) is 12.1 Å². The number of benzene rings is 1. The Bertz CT molecular complexity index is 454. The van der Waals surface area contributed by atoms with Gasteiger partial charge in [0.05, 0.1) is 10.0 Å². The molecule has 0 bridgehead atoms. The van der Waals surface area contributed by atoms with Crippen LogP contribution in [0, 0.1) is 11.7 Å². The highest BCUT2D eigenvalue weighted by Crippen LogP contribution is 2.30. The number of nitrogens with zero attached hydrogens (tertiary/aromatic N) is 1. The summed E-state index contributed by atoms with van der Waals surface area (Å²) in [6, 6.07) is 3.28. The van der Waals surface area contributed by atoms with Crippen molar-refractivity contribution in [2.75, 3.05) is 13.1 Å². The number of hydrogen-bond donors (Lipinski definition) is 1. The molecule has 1 aromatic rings. The molecule has 114 valence electrons. The summed E-state index contributed by atoms with van der Waals surface area (Å²) in [5.74, 6) is 0.0472. The van der Waals surface area contributed by atoms with E-state index < -0.39 is 5.82 Å². The van der Waals surface area contributed by atoms with E-state index in [1.165, 1.54) is 12.5 Å². The number of likely N-dealkylation sites (tertiary alicyclic amines) is 1. The molecular formula is C14H20Cl3FN2. The van der Waals surface area contributed by atoms with Crippen LogP contribution >= 0.6 is 35.6 Å². The molecule has 1 aromatic carbocycles. The minimum Gasteiger partial charge on any atom is -0.328 e. The molecule has 20 heavy (non-hydrogen) atoms. The second-order valence-corrected chi connectivity index (χ2v) is 6.09. The lowest BCUT2D eigenvalue weighted by molar-refractivity contribution is 0.154. The van der Waals surface area contributed by atoms with Gasteiger partial charge in [-0.05, 0) is 43.9 Å². The summed E-state index contributed by atoms with van der Waals surface area (Å²) in [6.07, 6.45) is 2.31. The van der Waals surface area contributed by atoms with E-state index in [0.717, 1.165) is 25.1 Å². The van der Waals surface area contributed by atoms with Crippen molar-refractivity contribution in [3.05, 3.63) is 33.6 Å². The van der Waals surface area contributed by atoms with Gasteiger partial charge in [-0.3, -0.25) is 4.90 Å². The van der Waals surface area contributed by atoms with E-state index in [1.807, 2.05) is 0 Å². The molecule has 1 aliphatic heterocycles. The lowest BCUT2D eigenvalue weighted by atomic mass is 9.92. The van der Waals surface area contributed by atoms with Gasteiger partial charge in [0.1, 0.15) is 5.82 Å². The summed E-state index contributed by atoms with van der Waals surface area (Å²) in [7, 11) is 0. The quantitative estimate of drug-likeness (QED) is 0.838. The number of halogens is 4. The SMILES string of the molecule is CC(N)C1CCCN(Cc2ccc(F)c(Cl)c2Cl)C1.Cl. The van der Waals surface area contributed by atoms with Crippen LogP contribution in [0.3, 0.4) is 0 Å². The average Bonchev–Trinajstić information content (AvgIpc) is 2.40. The van der Waals surface area contributed by atoms with Crippen molar-refractivity contribution in [2.24, 2.45) is 11.7 Å². The largest absolute Gasteiger partial charge is 0.328 e. The van der Waals surface area contributed by atoms with Crippen LogP contribution in [-0.4, -0.2) is 24.0 Å². The molecule has 6 heteroatoms. The Morgan fingerprint density at radius 3 is 2.75 bits per heavy atom. The van der Waals surface area contributed by atoms with Gasteiger partial charge in [0.2, 0.25) is 0 Å². The standard InChI is InChI=1S/C14H19Cl2FN2.ClH/c1-9(18)10-3-2-6-19(7-10)8-11-4-5-12(17)14(16)13(11)15;/h4-5,9-10H,2-3,6-8,18H2,1H3;1H. The van der Waals surface area contributed by atoms with Gasteiger partial charge in [0, 0.05) is 19.1 Å². The van der Waals surface area contributed by atoms with Crippen molar-refractivity contribution in [3.8, 4) is 0 Å². The molecule has 2 rings (SSSR count). The van der Waals surface area contributed by atoms with Crippen LogP contribution in [0.1, 0.15) is 25.3 Å². The van der Waals surface area contributed by atoms with Crippen LogP contribution < -0.4 is 5.73 Å². The Kier molecular flexibility index (Phi) is 7.02. The van der Waals surface area contributed by atoms with Crippen molar-refractivity contribution < 1.29 is 4.39 Å². The maximum atomic E-state index is 13.3. The molecule has 1 saturated heterocycles. The normalized spacial score (nSPS) is 21.4. The minimum atomic E-state index is -0.470. The van der Waals surface area contributed by atoms with Crippen LogP contribution in [0.4, 0.5) is 4.39 Å². The summed E-state index contributed by atoms with van der Waals surface area (Å²) < 4.78 is 13.3. The smallest absolute Gasteiger partial charge is 0.143 e. The van der Waals surface area contributed by atoms with Crippen LogP contribution in [0.5, 0.6) is 0 Å². The molecule has 1 fully saturated rings. The Morgan fingerprint density at radius 1 is 1.40 bits per heavy atom. The number of rotatable bonds is 3. The molecule has 2 unspecified atom stereocenters. The molecule has 2 N–H and O–H groups in total. The average molecular weight is 342 g/mol. The fourth-order valence-electron chi connectivity index (χ4n) is 2.59. The second-order valence-electron chi connectivity index (χ2n) is 5.33. The number of hydrogen-bond acceptors (Lipinski definition) is 2. The Hall–Kier alpha value is -0.0600. The predicted molar refractivity (Wildman–Crippen MR) is 85.3 cm³/mol. The molecular weight excluding hydrogens is 322 g/mol. The fraction of sp³-hybridized carbons (Fsp3) is 0.571. The van der Waals surface area contributed by atoms with Gasteiger partial charge in [0.15, 0.2) is 0 Å². The van der Waals surface area contributed by atoms with Crippen LogP contribution in [-0.2, 0) is 6.54 Å². The third-order valence-corrected chi connectivity index (χ3v) is 4.69. The summed E-state index contributed by atoms with van der Waals surface area (Å²) >= 11 is 11.9. The first-order chi connectivity index (χ1) is 8.99. The number of nitrogens with two attached hydrogens (primary N) is 1. The summed E-state index contributed by atoms with van der Waals surface area (Å²) in [4.78, 5) is 2.31. The van der Waals surface area contributed by atoms with E-state index in [0.29, 0.717) is 17.5 Å². The Labute approximate surface area is 135 Å². The third-order valence-electron chi connectivity index (χ3n) is 3.79. The highest BCUT2D eigenvalue weighted by atomic mass is 35.5. The predicted octanol–water partition coefficient (Wildman–Crippen LogP) is 4.11. The van der Waals surface area contributed by atoms with Gasteiger partial charge in [0.25, 0.3) is 0 Å². The van der Waals surface area contributed by atoms with E-state index in [4.69, 9.17) is 28.9 Å². The molecule has 1 heterocycles. The molecule has 0 radical (unpaired) electrons. The zero-order valence-electron chi connectivity index (χ0n) is 11.4. The second kappa shape index (κ2) is 7.81. The highest BCUT2D eigenvalue weighted by Gasteiger charge is 2.23. The Balaban J connectivity index is 0.00000200. The van der Waals surface area contributed by atoms with Gasteiger partial charge >= 0.3 is 0 Å². The molecule has 0 amide bonds. The van der Waals surface area contributed by atoms with E-state index in [-0.39, 0.29) is 23.5 Å². The van der Waals surface area contributed by atoms with Crippen molar-refractivity contribution in [1.29, 1.82) is 0 Å². The Morgan fingerprint density at radius 2 is 2.10 bits per heavy atom. The fourth-order valence-corrected chi connectivity index (χ4v) is 2.99. The molecule has 0 aromatic heterocycles. The van der Waals surface area contributed by atoms with Crippen LogP contribution in [0.25, 0.3) is 0 Å². The number of piperidine rings is 1. The van der Waals surface area contributed by atoms with E-state index in [1.54, 1.807) is 6.07 Å². The van der Waals surface area contributed by atoms with Crippen molar-refractivity contribution in [2.45, 2.75) is 32.4 Å². The molecule has 0 spiro atoms. The van der Waals surface area contributed by atoms with Gasteiger partial charge in [-0.2, -0.15) is 0 Å². The van der Waals surface area contributed by atoms with E-state index in [9.17, 15) is 4.39 Å². The van der Waals surface area contributed by atoms with Crippen molar-refractivity contribution in [1.82, 2.24) is 4.90 Å². The van der Waals surface area contributed by atoms with Crippen molar-refractivity contribution in [3.63, 3.8) is 0 Å². The summed E-state index contributed by atoms with van der Waals surface area (Å²) in [5, 5.41) is 0.338. The zero-order valence-corrected chi connectivity index (χ0v) is 13.7. The lowest BCUT2D eigenvalue weighted by Crippen LogP contribution is -2.41. The van der Waals surface area contributed by atoms with Crippen LogP contribution in [0.2, 0.25) is 10.0 Å². The molecule has 2 atom stereocenters. The minimum absolute atomic E-state index is 0. The van der Waals surface area contributed by atoms with Gasteiger partial charge in [-0.15, -0.1) is 12.4 Å². The monoisotopic (exact) mass is 340 g/mol. The molecule has 1 aliphatic rings. The van der Waals surface area contributed by atoms with Crippen molar-refractivity contribution >= 4 is 35.6 Å². The zero-order chi connectivity index (χ0) is 14.0. The lowest BCUT2D eigenvalue weighted by Gasteiger charge is -2.34. The highest BCUT2D eigenvalue weighted by molar-refractivity contribution is 6.42.